The molecule has 108 valence electrons. The van der Waals surface area contributed by atoms with Crippen molar-refractivity contribution in [3.63, 3.8) is 0 Å². The molecule has 20 heavy (non-hydrogen) atoms. The quantitative estimate of drug-likeness (QED) is 0.518. The summed E-state index contributed by atoms with van der Waals surface area (Å²) in [6.07, 6.45) is -2.81. The summed E-state index contributed by atoms with van der Waals surface area (Å²) in [4.78, 5) is 4.04. The van der Waals surface area contributed by atoms with Crippen molar-refractivity contribution in [2.75, 3.05) is 0 Å². The lowest BCUT2D eigenvalue weighted by molar-refractivity contribution is -0.140. The fourth-order valence-electron chi connectivity index (χ4n) is 1.78. The lowest BCUT2D eigenvalue weighted by Gasteiger charge is -2.17. The molecule has 2 aromatic rings. The summed E-state index contributed by atoms with van der Waals surface area (Å²) >= 11 is 1.37. The molecule has 3 N–H and O–H groups in total. The second-order valence-electron chi connectivity index (χ2n) is 4.09. The first-order valence-corrected chi connectivity index (χ1v) is 6.51. The summed E-state index contributed by atoms with van der Waals surface area (Å²) in [6, 6.07) is 2.28. The van der Waals surface area contributed by atoms with Gasteiger partial charge in [0.1, 0.15) is 5.82 Å². The van der Waals surface area contributed by atoms with E-state index in [1.807, 2.05) is 0 Å². The Morgan fingerprint density at radius 2 is 2.10 bits per heavy atom. The van der Waals surface area contributed by atoms with Crippen LogP contribution in [-0.2, 0) is 12.6 Å². The van der Waals surface area contributed by atoms with Gasteiger partial charge in [0.2, 0.25) is 0 Å². The molecule has 0 saturated heterocycles. The number of alkyl halides is 3. The standard InChI is InChI=1S/C12H11F4N3S/c13-9-2-1-7(5-8(9)12(14,15)16)10(19-17)6-11-18-3-4-20-11/h1-5,10,19H,6,17H2. The normalized spacial score (nSPS) is 13.4. The minimum absolute atomic E-state index is 0.261. The van der Waals surface area contributed by atoms with E-state index in [2.05, 4.69) is 10.4 Å². The van der Waals surface area contributed by atoms with Crippen molar-refractivity contribution in [1.29, 1.82) is 0 Å². The number of aromatic nitrogens is 1. The van der Waals surface area contributed by atoms with Gasteiger partial charge in [0.05, 0.1) is 16.6 Å². The maximum atomic E-state index is 13.2. The predicted octanol–water partition coefficient (Wildman–Crippen LogP) is 3.05. The third-order valence-electron chi connectivity index (χ3n) is 2.76. The van der Waals surface area contributed by atoms with E-state index in [1.165, 1.54) is 17.4 Å². The van der Waals surface area contributed by atoms with Gasteiger partial charge in [0.15, 0.2) is 0 Å². The highest BCUT2D eigenvalue weighted by molar-refractivity contribution is 7.09. The van der Waals surface area contributed by atoms with Crippen LogP contribution in [0.4, 0.5) is 17.6 Å². The highest BCUT2D eigenvalue weighted by atomic mass is 32.1. The van der Waals surface area contributed by atoms with Crippen molar-refractivity contribution in [2.45, 2.75) is 18.6 Å². The molecule has 3 nitrogen and oxygen atoms in total. The Labute approximate surface area is 116 Å². The van der Waals surface area contributed by atoms with Gasteiger partial charge in [-0.05, 0) is 17.7 Å². The first-order chi connectivity index (χ1) is 9.41. The van der Waals surface area contributed by atoms with Gasteiger partial charge in [0.25, 0.3) is 0 Å². The van der Waals surface area contributed by atoms with E-state index in [4.69, 9.17) is 5.84 Å². The van der Waals surface area contributed by atoms with Gasteiger partial charge in [-0.25, -0.2) is 9.37 Å². The van der Waals surface area contributed by atoms with Crippen molar-refractivity contribution in [3.8, 4) is 0 Å². The summed E-state index contributed by atoms with van der Waals surface area (Å²) in [5.74, 6) is 4.07. The number of rotatable bonds is 4. The molecule has 1 heterocycles. The zero-order chi connectivity index (χ0) is 14.8. The number of hydrazine groups is 1. The van der Waals surface area contributed by atoms with Crippen molar-refractivity contribution in [3.05, 3.63) is 51.7 Å². The molecular formula is C12H11F4N3S. The number of hydrogen-bond donors (Lipinski definition) is 2. The van der Waals surface area contributed by atoms with Crippen LogP contribution in [0.5, 0.6) is 0 Å². The van der Waals surface area contributed by atoms with Crippen LogP contribution in [0.3, 0.4) is 0 Å². The molecule has 1 aromatic heterocycles. The van der Waals surface area contributed by atoms with Crippen LogP contribution in [-0.4, -0.2) is 4.98 Å². The van der Waals surface area contributed by atoms with E-state index in [0.717, 1.165) is 17.1 Å². The van der Waals surface area contributed by atoms with Crippen molar-refractivity contribution >= 4 is 11.3 Å². The van der Waals surface area contributed by atoms with Gasteiger partial charge in [0, 0.05) is 18.0 Å². The Morgan fingerprint density at radius 3 is 2.65 bits per heavy atom. The van der Waals surface area contributed by atoms with Crippen LogP contribution >= 0.6 is 11.3 Å². The van der Waals surface area contributed by atoms with Crippen LogP contribution in [0.2, 0.25) is 0 Å². The van der Waals surface area contributed by atoms with Crippen molar-refractivity contribution < 1.29 is 17.6 Å². The van der Waals surface area contributed by atoms with E-state index in [1.54, 1.807) is 11.6 Å². The Hall–Kier alpha value is -1.51. The molecule has 0 aliphatic rings. The fourth-order valence-corrected chi connectivity index (χ4v) is 2.44. The van der Waals surface area contributed by atoms with E-state index >= 15 is 0 Å². The Morgan fingerprint density at radius 1 is 1.35 bits per heavy atom. The molecule has 0 amide bonds. The molecule has 0 spiro atoms. The zero-order valence-electron chi connectivity index (χ0n) is 10.1. The molecular weight excluding hydrogens is 294 g/mol. The first kappa shape index (κ1) is 14.9. The van der Waals surface area contributed by atoms with Crippen molar-refractivity contribution in [2.24, 2.45) is 5.84 Å². The summed E-state index contributed by atoms with van der Waals surface area (Å²) in [5, 5.41) is 2.49. The lowest BCUT2D eigenvalue weighted by atomic mass is 10.0. The number of thiazole rings is 1. The second kappa shape index (κ2) is 5.86. The molecule has 0 saturated carbocycles. The highest BCUT2D eigenvalue weighted by Crippen LogP contribution is 2.33. The third kappa shape index (κ3) is 3.33. The monoisotopic (exact) mass is 305 g/mol. The molecule has 0 fully saturated rings. The average molecular weight is 305 g/mol. The van der Waals surface area contributed by atoms with E-state index in [0.29, 0.717) is 6.42 Å². The molecule has 1 aromatic carbocycles. The maximum absolute atomic E-state index is 13.2. The molecule has 0 radical (unpaired) electrons. The molecule has 8 heteroatoms. The average Bonchev–Trinajstić information content (AvgIpc) is 2.88. The van der Waals surface area contributed by atoms with Gasteiger partial charge < -0.3 is 0 Å². The summed E-state index contributed by atoms with van der Waals surface area (Å²) < 4.78 is 51.2. The van der Waals surface area contributed by atoms with E-state index < -0.39 is 23.6 Å². The SMILES string of the molecule is NNC(Cc1nccs1)c1ccc(F)c(C(F)(F)F)c1. The lowest BCUT2D eigenvalue weighted by Crippen LogP contribution is -2.30. The number of hydrogen-bond acceptors (Lipinski definition) is 4. The molecule has 0 aliphatic carbocycles. The van der Waals surface area contributed by atoms with Gasteiger partial charge in [-0.1, -0.05) is 6.07 Å². The van der Waals surface area contributed by atoms with Crippen molar-refractivity contribution in [1.82, 2.24) is 10.4 Å². The van der Waals surface area contributed by atoms with Crippen LogP contribution in [0, 0.1) is 5.82 Å². The Kier molecular flexibility index (Phi) is 4.36. The van der Waals surface area contributed by atoms with Gasteiger partial charge in [-0.2, -0.15) is 13.2 Å². The minimum atomic E-state index is -4.74. The smallest absolute Gasteiger partial charge is 0.271 e. The topological polar surface area (TPSA) is 50.9 Å². The Bertz CT molecular complexity index is 569. The summed E-state index contributed by atoms with van der Waals surface area (Å²) in [7, 11) is 0. The molecule has 0 bridgehead atoms. The number of nitrogens with zero attached hydrogens (tertiary/aromatic N) is 1. The largest absolute Gasteiger partial charge is 0.419 e. The van der Waals surface area contributed by atoms with E-state index in [9.17, 15) is 17.6 Å². The zero-order valence-corrected chi connectivity index (χ0v) is 10.9. The summed E-state index contributed by atoms with van der Waals surface area (Å²) in [5.41, 5.74) is 1.40. The van der Waals surface area contributed by atoms with Crippen LogP contribution in [0.1, 0.15) is 22.2 Å². The Balaban J connectivity index is 2.30. The molecule has 1 unspecified atom stereocenters. The summed E-state index contributed by atoms with van der Waals surface area (Å²) in [6.45, 7) is 0. The second-order valence-corrected chi connectivity index (χ2v) is 5.07. The van der Waals surface area contributed by atoms with Gasteiger partial charge in [-0.15, -0.1) is 11.3 Å². The fraction of sp³-hybridized carbons (Fsp3) is 0.250. The van der Waals surface area contributed by atoms with Gasteiger partial charge in [-0.3, -0.25) is 11.3 Å². The molecule has 0 aliphatic heterocycles. The van der Waals surface area contributed by atoms with Crippen LogP contribution in [0.15, 0.2) is 29.8 Å². The highest BCUT2D eigenvalue weighted by Gasteiger charge is 2.34. The van der Waals surface area contributed by atoms with Crippen LogP contribution < -0.4 is 11.3 Å². The van der Waals surface area contributed by atoms with E-state index in [-0.39, 0.29) is 5.56 Å². The maximum Gasteiger partial charge on any atom is 0.419 e. The molecule has 1 atom stereocenters. The number of benzene rings is 1. The molecule has 2 rings (SSSR count). The van der Waals surface area contributed by atoms with Crippen LogP contribution in [0.25, 0.3) is 0 Å². The van der Waals surface area contributed by atoms with Gasteiger partial charge >= 0.3 is 6.18 Å². The predicted molar refractivity (Wildman–Crippen MR) is 67.3 cm³/mol. The first-order valence-electron chi connectivity index (χ1n) is 5.63. The third-order valence-corrected chi connectivity index (χ3v) is 3.56. The number of nitrogens with two attached hydrogens (primary N) is 1. The number of halogens is 4. The minimum Gasteiger partial charge on any atom is -0.271 e. The number of nitrogens with one attached hydrogen (secondary N) is 1.